The number of hydrogen-bond acceptors (Lipinski definition) is 6. The largest absolute Gasteiger partial charge is 0.465 e. The van der Waals surface area contributed by atoms with E-state index in [2.05, 4.69) is 9.46 Å². The van der Waals surface area contributed by atoms with Gasteiger partial charge in [-0.2, -0.15) is 0 Å². The van der Waals surface area contributed by atoms with E-state index in [0.29, 0.717) is 5.56 Å². The number of sulfonamides is 1. The molecule has 0 aromatic heterocycles. The Morgan fingerprint density at radius 3 is 2.11 bits per heavy atom. The van der Waals surface area contributed by atoms with Crippen LogP contribution < -0.4 is 4.72 Å². The molecule has 0 aliphatic carbocycles. The van der Waals surface area contributed by atoms with Gasteiger partial charge in [0.25, 0.3) is 0 Å². The van der Waals surface area contributed by atoms with Crippen LogP contribution in [0.2, 0.25) is 5.02 Å². The monoisotopic (exact) mass is 431 g/mol. The van der Waals surface area contributed by atoms with E-state index in [1.807, 2.05) is 0 Å². The summed E-state index contributed by atoms with van der Waals surface area (Å²) in [5.41, 5.74) is 0.514. The van der Waals surface area contributed by atoms with E-state index in [0.717, 1.165) is 12.3 Å². The average molecular weight is 432 g/mol. The summed E-state index contributed by atoms with van der Waals surface area (Å²) in [4.78, 5) is 11.7. The molecule has 146 valence electrons. The Kier molecular flexibility index (Phi) is 6.31. The van der Waals surface area contributed by atoms with Gasteiger partial charge in [0.1, 0.15) is 0 Å². The van der Waals surface area contributed by atoms with E-state index >= 15 is 0 Å². The van der Waals surface area contributed by atoms with Crippen LogP contribution >= 0.6 is 11.6 Å². The average Bonchev–Trinajstić information content (AvgIpc) is 2.60. The summed E-state index contributed by atoms with van der Waals surface area (Å²) in [6.45, 7) is 1.62. The smallest absolute Gasteiger partial charge is 0.339 e. The van der Waals surface area contributed by atoms with Gasteiger partial charge in [-0.1, -0.05) is 23.7 Å². The topological polar surface area (TPSA) is 107 Å². The van der Waals surface area contributed by atoms with Crippen molar-refractivity contribution in [1.29, 1.82) is 0 Å². The maximum atomic E-state index is 12.6. The van der Waals surface area contributed by atoms with Gasteiger partial charge in [-0.3, -0.25) is 0 Å². The van der Waals surface area contributed by atoms with E-state index in [4.69, 9.17) is 11.6 Å². The highest BCUT2D eigenvalue weighted by molar-refractivity contribution is 7.90. The number of carbonyl (C=O) groups excluding carboxylic acids is 1. The van der Waals surface area contributed by atoms with Gasteiger partial charge < -0.3 is 4.74 Å². The van der Waals surface area contributed by atoms with Gasteiger partial charge in [0, 0.05) is 12.3 Å². The minimum atomic E-state index is -3.96. The minimum Gasteiger partial charge on any atom is -0.465 e. The van der Waals surface area contributed by atoms with E-state index < -0.39 is 31.9 Å². The number of sulfone groups is 1. The van der Waals surface area contributed by atoms with Crippen LogP contribution in [0, 0.1) is 0 Å². The highest BCUT2D eigenvalue weighted by Gasteiger charge is 2.22. The molecule has 0 saturated heterocycles. The van der Waals surface area contributed by atoms with Gasteiger partial charge in [0.15, 0.2) is 9.84 Å². The second kappa shape index (κ2) is 7.97. The van der Waals surface area contributed by atoms with Crippen LogP contribution in [-0.2, 0) is 24.6 Å². The summed E-state index contributed by atoms with van der Waals surface area (Å²) < 4.78 is 55.3. The number of methoxy groups -OCH3 is 1. The highest BCUT2D eigenvalue weighted by atomic mass is 35.5. The van der Waals surface area contributed by atoms with Crippen molar-refractivity contribution in [3.8, 4) is 0 Å². The Balaban J connectivity index is 2.29. The number of benzene rings is 2. The molecule has 0 spiro atoms. The van der Waals surface area contributed by atoms with Crippen LogP contribution in [0.4, 0.5) is 0 Å². The molecule has 2 rings (SSSR count). The first-order valence-electron chi connectivity index (χ1n) is 7.66. The zero-order chi connectivity index (χ0) is 20.4. The first kappa shape index (κ1) is 21.4. The molecule has 0 saturated carbocycles. The van der Waals surface area contributed by atoms with Crippen molar-refractivity contribution >= 4 is 37.4 Å². The van der Waals surface area contributed by atoms with Crippen LogP contribution in [0.25, 0.3) is 0 Å². The molecule has 0 aliphatic heterocycles. The van der Waals surface area contributed by atoms with Gasteiger partial charge >= 0.3 is 5.97 Å². The molecule has 0 radical (unpaired) electrons. The van der Waals surface area contributed by atoms with E-state index in [1.54, 1.807) is 6.92 Å². The number of hydrogen-bond donors (Lipinski definition) is 1. The summed E-state index contributed by atoms with van der Waals surface area (Å²) >= 11 is 5.91. The van der Waals surface area contributed by atoms with Crippen LogP contribution in [0.3, 0.4) is 0 Å². The number of halogens is 1. The summed E-state index contributed by atoms with van der Waals surface area (Å²) in [5.74, 6) is -0.749. The van der Waals surface area contributed by atoms with E-state index in [9.17, 15) is 21.6 Å². The fourth-order valence-corrected chi connectivity index (χ4v) is 4.39. The number of rotatable bonds is 6. The van der Waals surface area contributed by atoms with E-state index in [1.165, 1.54) is 43.5 Å². The summed E-state index contributed by atoms with van der Waals surface area (Å²) in [6.07, 6.45) is 1.09. The molecule has 0 aliphatic rings. The third kappa shape index (κ3) is 5.07. The Bertz CT molecular complexity index is 1060. The molecule has 0 amide bonds. The molecular formula is C17H18ClNO6S2. The Morgan fingerprint density at radius 2 is 1.59 bits per heavy atom. The number of carbonyl (C=O) groups is 1. The predicted molar refractivity (Wildman–Crippen MR) is 101 cm³/mol. The lowest BCUT2D eigenvalue weighted by Gasteiger charge is -2.15. The highest BCUT2D eigenvalue weighted by Crippen LogP contribution is 2.23. The number of esters is 1. The van der Waals surface area contributed by atoms with Gasteiger partial charge in [0.2, 0.25) is 10.0 Å². The maximum Gasteiger partial charge on any atom is 0.339 e. The van der Waals surface area contributed by atoms with Crippen LogP contribution in [-0.4, -0.2) is 36.2 Å². The summed E-state index contributed by atoms with van der Waals surface area (Å²) in [6, 6.07) is 8.96. The molecule has 1 atom stereocenters. The van der Waals surface area contributed by atoms with Crippen molar-refractivity contribution in [2.24, 2.45) is 0 Å². The lowest BCUT2D eigenvalue weighted by molar-refractivity contribution is 0.0600. The molecule has 0 bridgehead atoms. The van der Waals surface area contributed by atoms with Gasteiger partial charge in [-0.15, -0.1) is 0 Å². The Hall–Kier alpha value is -1.94. The fraction of sp³-hybridized carbons (Fsp3) is 0.235. The first-order chi connectivity index (χ1) is 12.5. The number of ether oxygens (including phenoxy) is 1. The summed E-state index contributed by atoms with van der Waals surface area (Å²) in [5, 5.41) is 0.0743. The molecular weight excluding hydrogens is 414 g/mol. The molecule has 0 heterocycles. The molecule has 2 aromatic carbocycles. The maximum absolute atomic E-state index is 12.6. The SMILES string of the molecule is COC(=O)c1cc(S(=O)(=O)N[C@H](C)c2ccc(S(C)(=O)=O)cc2)ccc1Cl. The van der Waals surface area contributed by atoms with Crippen molar-refractivity contribution in [3.05, 3.63) is 58.6 Å². The van der Waals surface area contributed by atoms with Gasteiger partial charge in [0.05, 0.1) is 27.5 Å². The second-order valence-corrected chi connectivity index (χ2v) is 9.95. The standard InChI is InChI=1S/C17H18ClNO6S2/c1-11(12-4-6-13(7-5-12)26(3,21)22)19-27(23,24)14-8-9-16(18)15(10-14)17(20)25-2/h4-11,19H,1-3H3/t11-/m1/s1. The van der Waals surface area contributed by atoms with Crippen molar-refractivity contribution in [1.82, 2.24) is 4.72 Å². The molecule has 2 aromatic rings. The van der Waals surface area contributed by atoms with Crippen LogP contribution in [0.15, 0.2) is 52.3 Å². The quantitative estimate of drug-likeness (QED) is 0.704. The zero-order valence-electron chi connectivity index (χ0n) is 14.8. The van der Waals surface area contributed by atoms with Crippen LogP contribution in [0.5, 0.6) is 0 Å². The Morgan fingerprint density at radius 1 is 1.04 bits per heavy atom. The van der Waals surface area contributed by atoms with Crippen molar-refractivity contribution in [2.45, 2.75) is 22.8 Å². The second-order valence-electron chi connectivity index (χ2n) is 5.82. The Labute approximate surface area is 163 Å². The molecule has 10 heteroatoms. The molecule has 0 fully saturated rings. The summed E-state index contributed by atoms with van der Waals surface area (Å²) in [7, 11) is -6.13. The van der Waals surface area contributed by atoms with Crippen molar-refractivity contribution in [3.63, 3.8) is 0 Å². The molecule has 0 unspecified atom stereocenters. The van der Waals surface area contributed by atoms with Crippen LogP contribution in [0.1, 0.15) is 28.9 Å². The fourth-order valence-electron chi connectivity index (χ4n) is 2.31. The lowest BCUT2D eigenvalue weighted by Crippen LogP contribution is -2.27. The third-order valence-electron chi connectivity index (χ3n) is 3.79. The normalized spacial score (nSPS) is 13.2. The molecule has 7 nitrogen and oxygen atoms in total. The minimum absolute atomic E-state index is 0.0628. The van der Waals surface area contributed by atoms with Crippen molar-refractivity contribution in [2.75, 3.05) is 13.4 Å². The molecule has 1 N–H and O–H groups in total. The first-order valence-corrected chi connectivity index (χ1v) is 11.4. The predicted octanol–water partition coefficient (Wildman–Crippen LogP) is 2.57. The number of nitrogens with one attached hydrogen (secondary N) is 1. The third-order valence-corrected chi connectivity index (χ3v) is 6.79. The van der Waals surface area contributed by atoms with E-state index in [-0.39, 0.29) is 20.4 Å². The zero-order valence-corrected chi connectivity index (χ0v) is 17.2. The van der Waals surface area contributed by atoms with Crippen molar-refractivity contribution < 1.29 is 26.4 Å². The van der Waals surface area contributed by atoms with Gasteiger partial charge in [-0.05, 0) is 42.8 Å². The lowest BCUT2D eigenvalue weighted by atomic mass is 10.1. The molecule has 27 heavy (non-hydrogen) atoms. The van der Waals surface area contributed by atoms with Gasteiger partial charge in [-0.25, -0.2) is 26.4 Å².